The normalized spacial score (nSPS) is 16.2. The first-order valence-electron chi connectivity index (χ1n) is 7.14. The third kappa shape index (κ3) is 3.37. The van der Waals surface area contributed by atoms with E-state index in [1.165, 1.54) is 6.92 Å². The highest BCUT2D eigenvalue weighted by atomic mass is 31.2. The second kappa shape index (κ2) is 7.21. The molecular formula is C15H24NO4P. The van der Waals surface area contributed by atoms with E-state index in [0.717, 1.165) is 0 Å². The summed E-state index contributed by atoms with van der Waals surface area (Å²) in [6.45, 7) is 5.38. The molecule has 21 heavy (non-hydrogen) atoms. The molecule has 0 saturated heterocycles. The van der Waals surface area contributed by atoms with Crippen LogP contribution in [0.4, 0.5) is 0 Å². The lowest BCUT2D eigenvalue weighted by Crippen LogP contribution is -2.42. The predicted molar refractivity (Wildman–Crippen MR) is 84.2 cm³/mol. The van der Waals surface area contributed by atoms with Crippen molar-refractivity contribution in [3.8, 4) is 0 Å². The van der Waals surface area contributed by atoms with Crippen molar-refractivity contribution in [1.29, 1.82) is 0 Å². The quantitative estimate of drug-likeness (QED) is 0.720. The fraction of sp³-hybridized carbons (Fsp3) is 0.533. The number of aliphatic carboxylic acids is 1. The lowest BCUT2D eigenvalue weighted by molar-refractivity contribution is -0.144. The summed E-state index contributed by atoms with van der Waals surface area (Å²) in [5.74, 6) is -1.13. The number of nitrogens with two attached hydrogens (primary N) is 1. The Morgan fingerprint density at radius 2 is 1.86 bits per heavy atom. The Morgan fingerprint density at radius 1 is 1.33 bits per heavy atom. The highest BCUT2D eigenvalue weighted by Gasteiger charge is 2.48. The van der Waals surface area contributed by atoms with Crippen LogP contribution >= 0.6 is 7.37 Å². The molecule has 6 heteroatoms. The molecule has 0 radical (unpaired) electrons. The van der Waals surface area contributed by atoms with Crippen molar-refractivity contribution in [1.82, 2.24) is 0 Å². The second-order valence-corrected chi connectivity index (χ2v) is 7.89. The Balaban J connectivity index is 3.42. The number of hydrogen-bond donors (Lipinski definition) is 2. The van der Waals surface area contributed by atoms with Crippen molar-refractivity contribution < 1.29 is 19.0 Å². The molecular weight excluding hydrogens is 289 g/mol. The maximum atomic E-state index is 13.7. The van der Waals surface area contributed by atoms with Crippen molar-refractivity contribution in [2.24, 2.45) is 5.73 Å². The van der Waals surface area contributed by atoms with Crippen LogP contribution in [0.25, 0.3) is 0 Å². The summed E-state index contributed by atoms with van der Waals surface area (Å²) in [5.41, 5.74) is 5.90. The number of hydrogen-bond acceptors (Lipinski definition) is 4. The van der Waals surface area contributed by atoms with Gasteiger partial charge in [0, 0.05) is 11.8 Å². The maximum Gasteiger partial charge on any atom is 0.333 e. The number of benzene rings is 1. The fourth-order valence-corrected chi connectivity index (χ4v) is 5.48. The van der Waals surface area contributed by atoms with Gasteiger partial charge < -0.3 is 15.4 Å². The van der Waals surface area contributed by atoms with E-state index in [0.29, 0.717) is 18.1 Å². The van der Waals surface area contributed by atoms with E-state index >= 15 is 0 Å². The molecule has 0 aliphatic rings. The third-order valence-corrected chi connectivity index (χ3v) is 7.73. The number of carboxylic acids is 1. The Morgan fingerprint density at radius 3 is 2.24 bits per heavy atom. The summed E-state index contributed by atoms with van der Waals surface area (Å²) in [6, 6.07) is 8.78. The maximum absolute atomic E-state index is 13.7. The zero-order chi connectivity index (χ0) is 16.1. The van der Waals surface area contributed by atoms with Crippen LogP contribution in [0.1, 0.15) is 33.6 Å². The SMILES string of the molecule is CCC(CC)(CN)P(=O)(OC(C)C(=O)O)c1ccccc1. The molecule has 0 aromatic heterocycles. The van der Waals surface area contributed by atoms with Crippen molar-refractivity contribution in [3.63, 3.8) is 0 Å². The van der Waals surface area contributed by atoms with Crippen LogP contribution in [0.5, 0.6) is 0 Å². The van der Waals surface area contributed by atoms with Gasteiger partial charge in [0.2, 0.25) is 7.37 Å². The first-order chi connectivity index (χ1) is 9.86. The van der Waals surface area contributed by atoms with Gasteiger partial charge in [-0.1, -0.05) is 32.0 Å². The first-order valence-corrected chi connectivity index (χ1v) is 8.76. The van der Waals surface area contributed by atoms with Gasteiger partial charge in [0.1, 0.15) is 0 Å². The molecule has 0 amide bonds. The zero-order valence-electron chi connectivity index (χ0n) is 12.8. The molecule has 0 fully saturated rings. The summed E-state index contributed by atoms with van der Waals surface area (Å²) >= 11 is 0. The molecule has 118 valence electrons. The van der Waals surface area contributed by atoms with Crippen molar-refractivity contribution >= 4 is 18.6 Å². The van der Waals surface area contributed by atoms with Gasteiger partial charge in [-0.2, -0.15) is 0 Å². The minimum atomic E-state index is -3.43. The van der Waals surface area contributed by atoms with Gasteiger partial charge in [-0.25, -0.2) is 4.79 Å². The van der Waals surface area contributed by atoms with Crippen LogP contribution in [0, 0.1) is 0 Å². The van der Waals surface area contributed by atoms with E-state index in [2.05, 4.69) is 0 Å². The predicted octanol–water partition coefficient (Wildman–Crippen LogP) is 2.60. The summed E-state index contributed by atoms with van der Waals surface area (Å²) < 4.78 is 19.3. The van der Waals surface area contributed by atoms with Crippen LogP contribution in [0.3, 0.4) is 0 Å². The molecule has 0 spiro atoms. The molecule has 1 rings (SSSR count). The summed E-state index contributed by atoms with van der Waals surface area (Å²) in [6.07, 6.45) is -0.0446. The standard InChI is InChI=1S/C15H24NO4P/c1-4-15(5-2,11-16)21(19,20-12(3)14(17)18)13-9-7-6-8-10-13/h6-10,12H,4-5,11,16H2,1-3H3,(H,17,18). The summed E-state index contributed by atoms with van der Waals surface area (Å²) in [4.78, 5) is 11.1. The van der Waals surface area contributed by atoms with Crippen LogP contribution in [0.2, 0.25) is 0 Å². The van der Waals surface area contributed by atoms with E-state index < -0.39 is 24.6 Å². The lowest BCUT2D eigenvalue weighted by Gasteiger charge is -2.39. The summed E-state index contributed by atoms with van der Waals surface area (Å²) in [7, 11) is -3.43. The van der Waals surface area contributed by atoms with Crippen molar-refractivity contribution in [3.05, 3.63) is 30.3 Å². The monoisotopic (exact) mass is 313 g/mol. The molecule has 1 aromatic rings. The van der Waals surface area contributed by atoms with Gasteiger partial charge in [0.25, 0.3) is 0 Å². The van der Waals surface area contributed by atoms with Crippen LogP contribution in [-0.2, 0) is 13.9 Å². The van der Waals surface area contributed by atoms with Crippen LogP contribution in [-0.4, -0.2) is 28.9 Å². The minimum absolute atomic E-state index is 0.179. The Bertz CT molecular complexity index is 505. The fourth-order valence-electron chi connectivity index (χ4n) is 2.41. The largest absolute Gasteiger partial charge is 0.479 e. The molecule has 2 unspecified atom stereocenters. The van der Waals surface area contributed by atoms with Gasteiger partial charge in [0.05, 0.1) is 5.16 Å². The Hall–Kier alpha value is -1.16. The van der Waals surface area contributed by atoms with Gasteiger partial charge in [-0.15, -0.1) is 0 Å². The Kier molecular flexibility index (Phi) is 6.14. The zero-order valence-corrected chi connectivity index (χ0v) is 13.7. The molecule has 0 bridgehead atoms. The molecule has 0 aliphatic heterocycles. The average molecular weight is 313 g/mol. The van der Waals surface area contributed by atoms with E-state index in [1.807, 2.05) is 19.9 Å². The van der Waals surface area contributed by atoms with Gasteiger partial charge in [-0.3, -0.25) is 4.57 Å². The van der Waals surface area contributed by atoms with Gasteiger partial charge in [0.15, 0.2) is 6.10 Å². The van der Waals surface area contributed by atoms with Crippen LogP contribution < -0.4 is 11.0 Å². The number of carbonyl (C=O) groups is 1. The van der Waals surface area contributed by atoms with E-state index in [-0.39, 0.29) is 6.54 Å². The van der Waals surface area contributed by atoms with Gasteiger partial charge in [-0.05, 0) is 31.9 Å². The third-order valence-electron chi connectivity index (χ3n) is 4.07. The molecule has 0 aliphatic carbocycles. The molecule has 1 aromatic carbocycles. The van der Waals surface area contributed by atoms with Crippen LogP contribution in [0.15, 0.2) is 30.3 Å². The number of carboxylic acid groups (broad SMARTS) is 1. The van der Waals surface area contributed by atoms with Crippen molar-refractivity contribution in [2.75, 3.05) is 6.54 Å². The molecule has 0 heterocycles. The van der Waals surface area contributed by atoms with Gasteiger partial charge >= 0.3 is 5.97 Å². The molecule has 2 atom stereocenters. The summed E-state index contributed by atoms with van der Waals surface area (Å²) in [5, 5.41) is 8.87. The average Bonchev–Trinajstić information content (AvgIpc) is 2.50. The second-order valence-electron chi connectivity index (χ2n) is 5.11. The smallest absolute Gasteiger partial charge is 0.333 e. The Labute approximate surface area is 126 Å². The van der Waals surface area contributed by atoms with E-state index in [4.69, 9.17) is 15.4 Å². The molecule has 3 N–H and O–H groups in total. The highest BCUT2D eigenvalue weighted by molar-refractivity contribution is 7.68. The topological polar surface area (TPSA) is 89.6 Å². The number of rotatable bonds is 8. The highest BCUT2D eigenvalue weighted by Crippen LogP contribution is 2.61. The molecule has 5 nitrogen and oxygen atoms in total. The first kappa shape index (κ1) is 17.9. The van der Waals surface area contributed by atoms with E-state index in [1.54, 1.807) is 24.3 Å². The molecule has 0 saturated carbocycles. The van der Waals surface area contributed by atoms with Crippen molar-refractivity contribution in [2.45, 2.75) is 44.9 Å². The van der Waals surface area contributed by atoms with E-state index in [9.17, 15) is 9.36 Å². The lowest BCUT2D eigenvalue weighted by atomic mass is 10.0. The minimum Gasteiger partial charge on any atom is -0.479 e.